The Hall–Kier alpha value is -2.80. The monoisotopic (exact) mass is 328 g/mol. The molecule has 1 heterocycles. The van der Waals surface area contributed by atoms with Gasteiger partial charge in [-0.25, -0.2) is 4.79 Å². The summed E-state index contributed by atoms with van der Waals surface area (Å²) in [6.45, 7) is 2.58. The van der Waals surface area contributed by atoms with Crippen LogP contribution in [0.5, 0.6) is 5.75 Å². The summed E-state index contributed by atoms with van der Waals surface area (Å²) < 4.78 is 5.40. The second kappa shape index (κ2) is 6.53. The quantitative estimate of drug-likeness (QED) is 0.553. The summed E-state index contributed by atoms with van der Waals surface area (Å²) in [6.07, 6.45) is 0. The van der Waals surface area contributed by atoms with Crippen LogP contribution in [-0.4, -0.2) is 21.7 Å². The second-order valence-electron chi connectivity index (χ2n) is 4.88. The van der Waals surface area contributed by atoms with E-state index >= 15 is 0 Å². The van der Waals surface area contributed by atoms with Crippen LogP contribution in [0.2, 0.25) is 0 Å². The molecule has 0 atom stereocenters. The Morgan fingerprint density at radius 1 is 1.04 bits per heavy atom. The molecule has 0 aliphatic heterocycles. The highest BCUT2D eigenvalue weighted by Crippen LogP contribution is 2.17. The van der Waals surface area contributed by atoms with Crippen molar-refractivity contribution in [1.82, 2.24) is 9.97 Å². The molecule has 0 amide bonds. The zero-order chi connectivity index (χ0) is 16.2. The van der Waals surface area contributed by atoms with Crippen LogP contribution in [0.1, 0.15) is 6.92 Å². The van der Waals surface area contributed by atoms with E-state index in [0.717, 1.165) is 28.2 Å². The van der Waals surface area contributed by atoms with Gasteiger partial charge in [-0.05, 0) is 61.6 Å². The molecule has 1 aromatic heterocycles. The molecule has 0 bridgehead atoms. The molecule has 23 heavy (non-hydrogen) atoms. The normalized spacial score (nSPS) is 10.5. The predicted molar refractivity (Wildman–Crippen MR) is 96.4 cm³/mol. The number of aromatic amines is 2. The minimum absolute atomic E-state index is 0.229. The molecule has 2 aromatic carbocycles. The number of aromatic nitrogens is 2. The first-order chi connectivity index (χ1) is 11.1. The Morgan fingerprint density at radius 3 is 2.43 bits per heavy atom. The predicted octanol–water partition coefficient (Wildman–Crippen LogP) is 3.06. The molecule has 0 spiro atoms. The third-order valence-corrected chi connectivity index (χ3v) is 3.40. The molecule has 0 saturated carbocycles. The van der Waals surface area contributed by atoms with E-state index in [9.17, 15) is 4.79 Å². The van der Waals surface area contributed by atoms with Crippen molar-refractivity contribution in [2.45, 2.75) is 6.92 Å². The fraction of sp³-hybridized carbons (Fsp3) is 0.125. The number of ether oxygens (including phenoxy) is 1. The number of anilines is 2. The van der Waals surface area contributed by atoms with Crippen molar-refractivity contribution in [3.8, 4) is 5.75 Å². The van der Waals surface area contributed by atoms with E-state index in [-0.39, 0.29) is 5.69 Å². The molecule has 3 rings (SSSR count). The van der Waals surface area contributed by atoms with Crippen LogP contribution in [0, 0.1) is 0 Å². The molecule has 0 radical (unpaired) electrons. The topological polar surface area (TPSA) is 81.9 Å². The highest BCUT2D eigenvalue weighted by molar-refractivity contribution is 7.80. The number of hydrogen-bond acceptors (Lipinski definition) is 3. The van der Waals surface area contributed by atoms with Gasteiger partial charge in [0.15, 0.2) is 5.11 Å². The molecule has 118 valence electrons. The van der Waals surface area contributed by atoms with E-state index in [1.54, 1.807) is 0 Å². The summed E-state index contributed by atoms with van der Waals surface area (Å²) in [6, 6.07) is 13.0. The van der Waals surface area contributed by atoms with Gasteiger partial charge in [-0.2, -0.15) is 0 Å². The molecule has 0 unspecified atom stereocenters. The summed E-state index contributed by atoms with van der Waals surface area (Å²) in [4.78, 5) is 16.7. The number of hydrogen-bond donors (Lipinski definition) is 4. The number of rotatable bonds is 4. The van der Waals surface area contributed by atoms with Crippen LogP contribution in [0.4, 0.5) is 11.4 Å². The zero-order valence-electron chi connectivity index (χ0n) is 12.5. The molecule has 0 saturated heterocycles. The van der Waals surface area contributed by atoms with Crippen molar-refractivity contribution < 1.29 is 4.74 Å². The number of fused-ring (bicyclic) bond motifs is 1. The van der Waals surface area contributed by atoms with Crippen molar-refractivity contribution in [2.24, 2.45) is 0 Å². The van der Waals surface area contributed by atoms with Crippen LogP contribution in [0.25, 0.3) is 11.0 Å². The van der Waals surface area contributed by atoms with E-state index in [4.69, 9.17) is 17.0 Å². The van der Waals surface area contributed by atoms with E-state index in [1.165, 1.54) is 0 Å². The summed E-state index contributed by atoms with van der Waals surface area (Å²) in [7, 11) is 0. The zero-order valence-corrected chi connectivity index (χ0v) is 13.3. The van der Waals surface area contributed by atoms with Gasteiger partial charge in [0.2, 0.25) is 0 Å². The van der Waals surface area contributed by atoms with Crippen LogP contribution in [0.15, 0.2) is 47.3 Å². The third-order valence-electron chi connectivity index (χ3n) is 3.20. The number of thiocarbonyl (C=S) groups is 1. The van der Waals surface area contributed by atoms with Crippen LogP contribution >= 0.6 is 12.2 Å². The molecule has 6 nitrogen and oxygen atoms in total. The fourth-order valence-corrected chi connectivity index (χ4v) is 2.44. The van der Waals surface area contributed by atoms with Crippen LogP contribution in [0.3, 0.4) is 0 Å². The number of imidazole rings is 1. The van der Waals surface area contributed by atoms with Crippen molar-refractivity contribution in [3.05, 3.63) is 52.9 Å². The first-order valence-electron chi connectivity index (χ1n) is 7.17. The van der Waals surface area contributed by atoms with Gasteiger partial charge in [0.25, 0.3) is 0 Å². The average Bonchev–Trinajstić information content (AvgIpc) is 2.89. The fourth-order valence-electron chi connectivity index (χ4n) is 2.20. The summed E-state index contributed by atoms with van der Waals surface area (Å²) in [5.74, 6) is 0.818. The van der Waals surface area contributed by atoms with Gasteiger partial charge in [-0.3, -0.25) is 0 Å². The molecule has 0 aliphatic carbocycles. The smallest absolute Gasteiger partial charge is 0.323 e. The minimum atomic E-state index is -0.229. The molecule has 3 aromatic rings. The molecule has 0 aliphatic rings. The van der Waals surface area contributed by atoms with Gasteiger partial charge in [0, 0.05) is 11.4 Å². The van der Waals surface area contributed by atoms with Crippen LogP contribution in [-0.2, 0) is 0 Å². The van der Waals surface area contributed by atoms with Crippen LogP contribution < -0.4 is 21.1 Å². The molecule has 7 heteroatoms. The Balaban J connectivity index is 1.66. The van der Waals surface area contributed by atoms with Crippen molar-refractivity contribution in [3.63, 3.8) is 0 Å². The Kier molecular flexibility index (Phi) is 4.29. The maximum atomic E-state index is 11.3. The van der Waals surface area contributed by atoms with Crippen molar-refractivity contribution >= 4 is 39.7 Å². The first kappa shape index (κ1) is 15.1. The number of benzene rings is 2. The number of nitrogens with one attached hydrogen (secondary N) is 4. The molecular weight excluding hydrogens is 312 g/mol. The lowest BCUT2D eigenvalue weighted by Gasteiger charge is -2.11. The SMILES string of the molecule is CCOc1ccc(NC(=S)Nc2ccc3[nH]c(=O)[nH]c3c2)cc1. The molecule has 4 N–H and O–H groups in total. The summed E-state index contributed by atoms with van der Waals surface area (Å²) >= 11 is 5.30. The lowest BCUT2D eigenvalue weighted by Crippen LogP contribution is -2.18. The molecule has 0 fully saturated rings. The van der Waals surface area contributed by atoms with E-state index in [2.05, 4.69) is 20.6 Å². The highest BCUT2D eigenvalue weighted by atomic mass is 32.1. The van der Waals surface area contributed by atoms with Crippen molar-refractivity contribution in [2.75, 3.05) is 17.2 Å². The van der Waals surface area contributed by atoms with Gasteiger partial charge in [-0.1, -0.05) is 0 Å². The van der Waals surface area contributed by atoms with Gasteiger partial charge < -0.3 is 25.3 Å². The minimum Gasteiger partial charge on any atom is -0.494 e. The largest absolute Gasteiger partial charge is 0.494 e. The second-order valence-corrected chi connectivity index (χ2v) is 5.28. The van der Waals surface area contributed by atoms with E-state index < -0.39 is 0 Å². The summed E-state index contributed by atoms with van der Waals surface area (Å²) in [5, 5.41) is 6.65. The maximum Gasteiger partial charge on any atom is 0.323 e. The Labute approximate surface area is 137 Å². The maximum absolute atomic E-state index is 11.3. The Morgan fingerprint density at radius 2 is 1.70 bits per heavy atom. The van der Waals surface area contributed by atoms with Gasteiger partial charge in [-0.15, -0.1) is 0 Å². The number of H-pyrrole nitrogens is 2. The van der Waals surface area contributed by atoms with Gasteiger partial charge in [0.1, 0.15) is 5.75 Å². The van der Waals surface area contributed by atoms with E-state index in [0.29, 0.717) is 11.7 Å². The average molecular weight is 328 g/mol. The first-order valence-corrected chi connectivity index (χ1v) is 7.58. The highest BCUT2D eigenvalue weighted by Gasteiger charge is 2.03. The standard InChI is InChI=1S/C16H16N4O2S/c1-2-22-12-6-3-10(4-7-12)17-16(23)18-11-5-8-13-14(9-11)20-15(21)19-13/h3-9H,2H2,1H3,(H2,17,18,23)(H2,19,20,21). The third kappa shape index (κ3) is 3.70. The summed E-state index contributed by atoms with van der Waals surface area (Å²) in [5.41, 5.74) is 2.90. The lowest BCUT2D eigenvalue weighted by molar-refractivity contribution is 0.340. The van der Waals surface area contributed by atoms with Gasteiger partial charge >= 0.3 is 5.69 Å². The lowest BCUT2D eigenvalue weighted by atomic mass is 10.3. The van der Waals surface area contributed by atoms with E-state index in [1.807, 2.05) is 49.4 Å². The van der Waals surface area contributed by atoms with Gasteiger partial charge in [0.05, 0.1) is 17.6 Å². The van der Waals surface area contributed by atoms with Crippen molar-refractivity contribution in [1.29, 1.82) is 0 Å². The Bertz CT molecular complexity index is 883. The molecular formula is C16H16N4O2S.